The van der Waals surface area contributed by atoms with E-state index in [4.69, 9.17) is 16.7 Å². The van der Waals surface area contributed by atoms with Crippen molar-refractivity contribution in [2.75, 3.05) is 4.90 Å². The molecule has 0 saturated carbocycles. The van der Waals surface area contributed by atoms with Gasteiger partial charge in [0.2, 0.25) is 21.8 Å². The number of rotatable bonds is 7. The summed E-state index contributed by atoms with van der Waals surface area (Å²) in [4.78, 5) is 41.7. The van der Waals surface area contributed by atoms with E-state index in [9.17, 15) is 27.2 Å². The summed E-state index contributed by atoms with van der Waals surface area (Å²) in [5, 5.41) is 5.62. The quantitative estimate of drug-likeness (QED) is 0.472. The second-order valence-electron chi connectivity index (χ2n) is 8.28. The van der Waals surface area contributed by atoms with Gasteiger partial charge in [-0.2, -0.15) is 0 Å². The maximum absolute atomic E-state index is 13.4. The van der Waals surface area contributed by atoms with Crippen LogP contribution < -0.4 is 10.0 Å². The van der Waals surface area contributed by atoms with Gasteiger partial charge in [-0.25, -0.2) is 22.8 Å². The van der Waals surface area contributed by atoms with Gasteiger partial charge in [-0.05, 0) is 59.7 Å². The fraction of sp³-hybridized carbons (Fsp3) is 0.160. The van der Waals surface area contributed by atoms with Crippen molar-refractivity contribution in [2.24, 2.45) is 5.14 Å². The average molecular weight is 530 g/mol. The highest BCUT2D eigenvalue weighted by Gasteiger charge is 2.44. The van der Waals surface area contributed by atoms with Crippen molar-refractivity contribution in [3.05, 3.63) is 94.8 Å². The number of hydrogen-bond acceptors (Lipinski definition) is 5. The third-order valence-corrected chi connectivity index (χ3v) is 6.96. The molecule has 2 N–H and O–H groups in total. The molecule has 8 nitrogen and oxygen atoms in total. The molecule has 3 aromatic rings. The summed E-state index contributed by atoms with van der Waals surface area (Å²) >= 11 is 5.92. The number of nitrogens with two attached hydrogens (primary N) is 1. The molecule has 0 spiro atoms. The lowest BCUT2D eigenvalue weighted by atomic mass is 10.1. The van der Waals surface area contributed by atoms with E-state index in [0.29, 0.717) is 16.1 Å². The first-order chi connectivity index (χ1) is 17.0. The van der Waals surface area contributed by atoms with Gasteiger partial charge in [0.15, 0.2) is 0 Å². The Balaban J connectivity index is 1.63. The van der Waals surface area contributed by atoms with Crippen molar-refractivity contribution in [1.29, 1.82) is 0 Å². The van der Waals surface area contributed by atoms with E-state index in [2.05, 4.69) is 0 Å². The smallest absolute Gasteiger partial charge is 0.257 e. The highest BCUT2D eigenvalue weighted by Crippen LogP contribution is 2.28. The van der Waals surface area contributed by atoms with Gasteiger partial charge in [0, 0.05) is 11.6 Å². The van der Waals surface area contributed by atoms with E-state index >= 15 is 0 Å². The second kappa shape index (κ2) is 10.2. The first-order valence-electron chi connectivity index (χ1n) is 10.8. The monoisotopic (exact) mass is 529 g/mol. The topological polar surface area (TPSA) is 118 Å². The molecule has 3 amide bonds. The van der Waals surface area contributed by atoms with E-state index in [1.807, 2.05) is 0 Å². The van der Waals surface area contributed by atoms with Gasteiger partial charge in [-0.3, -0.25) is 14.4 Å². The Hall–Kier alpha value is -3.60. The van der Waals surface area contributed by atoms with Crippen LogP contribution in [0.3, 0.4) is 0 Å². The summed E-state index contributed by atoms with van der Waals surface area (Å²) in [6.07, 6.45) is -0.303. The number of amides is 3. The lowest BCUT2D eigenvalue weighted by Gasteiger charge is -2.28. The first-order valence-corrected chi connectivity index (χ1v) is 12.7. The van der Waals surface area contributed by atoms with E-state index in [-0.39, 0.29) is 30.0 Å². The molecule has 0 aromatic heterocycles. The van der Waals surface area contributed by atoms with Crippen LogP contribution in [0.1, 0.15) is 17.5 Å². The molecule has 1 aliphatic rings. The summed E-state index contributed by atoms with van der Waals surface area (Å²) in [5.74, 6) is -2.02. The number of benzene rings is 3. The van der Waals surface area contributed by atoms with Crippen LogP contribution in [-0.2, 0) is 37.4 Å². The predicted octanol–water partition coefficient (Wildman–Crippen LogP) is 3.03. The molecular formula is C25H21ClFN3O5S. The lowest BCUT2D eigenvalue weighted by molar-refractivity contribution is -0.138. The van der Waals surface area contributed by atoms with Crippen molar-refractivity contribution in [1.82, 2.24) is 4.90 Å². The summed E-state index contributed by atoms with van der Waals surface area (Å²) < 4.78 is 36.5. The van der Waals surface area contributed by atoms with E-state index < -0.39 is 39.6 Å². The molecule has 4 rings (SSSR count). The Kier molecular flexibility index (Phi) is 7.21. The highest BCUT2D eigenvalue weighted by molar-refractivity contribution is 7.89. The van der Waals surface area contributed by atoms with Gasteiger partial charge in [-0.15, -0.1) is 0 Å². The zero-order chi connectivity index (χ0) is 26.0. The molecule has 1 heterocycles. The van der Waals surface area contributed by atoms with Crippen LogP contribution in [0.15, 0.2) is 77.7 Å². The molecule has 0 bridgehead atoms. The Labute approximate surface area is 212 Å². The maximum atomic E-state index is 13.4. The molecule has 0 aliphatic carbocycles. The summed E-state index contributed by atoms with van der Waals surface area (Å²) in [7, 11) is -3.95. The molecule has 11 heteroatoms. The fourth-order valence-corrected chi connectivity index (χ4v) is 4.59. The normalized spacial score (nSPS) is 15.9. The van der Waals surface area contributed by atoms with Crippen LogP contribution in [0, 0.1) is 5.82 Å². The number of nitrogens with zero attached hydrogens (tertiary/aromatic N) is 2. The molecule has 1 saturated heterocycles. The van der Waals surface area contributed by atoms with Crippen LogP contribution in [-0.4, -0.2) is 37.1 Å². The summed E-state index contributed by atoms with van der Waals surface area (Å²) in [6, 6.07) is 16.1. The Morgan fingerprint density at radius 2 is 1.56 bits per heavy atom. The second-order valence-corrected chi connectivity index (χ2v) is 10.3. The highest BCUT2D eigenvalue weighted by atomic mass is 35.5. The summed E-state index contributed by atoms with van der Waals surface area (Å²) in [5.41, 5.74) is 1.41. The average Bonchev–Trinajstić information content (AvgIpc) is 3.13. The van der Waals surface area contributed by atoms with Crippen LogP contribution in [0.2, 0.25) is 5.02 Å². The minimum absolute atomic E-state index is 0.0193. The minimum atomic E-state index is -3.95. The molecule has 36 heavy (non-hydrogen) atoms. The number of sulfonamides is 1. The maximum Gasteiger partial charge on any atom is 0.257 e. The van der Waals surface area contributed by atoms with Gasteiger partial charge < -0.3 is 4.90 Å². The summed E-state index contributed by atoms with van der Waals surface area (Å²) in [6.45, 7) is -0.0193. The number of hydrogen-bond donors (Lipinski definition) is 1. The van der Waals surface area contributed by atoms with Gasteiger partial charge in [0.1, 0.15) is 11.9 Å². The molecule has 1 aliphatic heterocycles. The predicted molar refractivity (Wildman–Crippen MR) is 131 cm³/mol. The molecule has 1 fully saturated rings. The van der Waals surface area contributed by atoms with Crippen LogP contribution in [0.5, 0.6) is 0 Å². The van der Waals surface area contributed by atoms with Crippen molar-refractivity contribution in [2.45, 2.75) is 30.3 Å². The van der Waals surface area contributed by atoms with Gasteiger partial charge in [0.25, 0.3) is 5.91 Å². The Morgan fingerprint density at radius 3 is 2.14 bits per heavy atom. The number of carbonyl (C=O) groups excluding carboxylic acids is 3. The number of primary sulfonamides is 1. The van der Waals surface area contributed by atoms with Crippen molar-refractivity contribution in [3.8, 4) is 0 Å². The van der Waals surface area contributed by atoms with Gasteiger partial charge >= 0.3 is 0 Å². The number of anilines is 1. The Bertz CT molecular complexity index is 1410. The van der Waals surface area contributed by atoms with Crippen molar-refractivity contribution in [3.63, 3.8) is 0 Å². The molecule has 0 radical (unpaired) electrons. The van der Waals surface area contributed by atoms with E-state index in [1.54, 1.807) is 24.3 Å². The minimum Gasteiger partial charge on any atom is -0.325 e. The standard InChI is InChI=1S/C25H21ClFN3O5S/c26-18-5-1-16(2-6-18)13-23(31)29(15-17-3-7-19(27)8-4-17)22-14-24(32)30(25(22)33)20-9-11-21(12-10-20)36(28,34)35/h1-12,22H,13-15H2,(H2,28,34,35). The Morgan fingerprint density at radius 1 is 0.972 bits per heavy atom. The van der Waals surface area contributed by atoms with E-state index in [0.717, 1.165) is 4.90 Å². The number of carbonyl (C=O) groups is 3. The van der Waals surface area contributed by atoms with E-state index in [1.165, 1.54) is 53.4 Å². The van der Waals surface area contributed by atoms with Crippen LogP contribution in [0.25, 0.3) is 0 Å². The third-order valence-electron chi connectivity index (χ3n) is 5.78. The van der Waals surface area contributed by atoms with Gasteiger partial charge in [-0.1, -0.05) is 35.9 Å². The number of imide groups is 1. The largest absolute Gasteiger partial charge is 0.325 e. The molecule has 1 atom stereocenters. The first kappa shape index (κ1) is 25.5. The molecule has 1 unspecified atom stereocenters. The van der Waals surface area contributed by atoms with Crippen LogP contribution >= 0.6 is 11.6 Å². The number of halogens is 2. The van der Waals surface area contributed by atoms with Crippen molar-refractivity contribution >= 4 is 45.0 Å². The van der Waals surface area contributed by atoms with Gasteiger partial charge in [0.05, 0.1) is 23.4 Å². The molecule has 186 valence electrons. The zero-order valence-electron chi connectivity index (χ0n) is 18.8. The lowest BCUT2D eigenvalue weighted by Crippen LogP contribution is -2.45. The van der Waals surface area contributed by atoms with Crippen molar-refractivity contribution < 1.29 is 27.2 Å². The molecule has 3 aromatic carbocycles. The zero-order valence-corrected chi connectivity index (χ0v) is 20.4. The molecular weight excluding hydrogens is 509 g/mol. The fourth-order valence-electron chi connectivity index (χ4n) is 3.95. The SMILES string of the molecule is NS(=O)(=O)c1ccc(N2C(=O)CC(N(Cc3ccc(F)cc3)C(=O)Cc3ccc(Cl)cc3)C2=O)cc1. The third kappa shape index (κ3) is 5.62. The van der Waals surface area contributed by atoms with Crippen LogP contribution in [0.4, 0.5) is 10.1 Å².